The highest BCUT2D eigenvalue weighted by atomic mass is 32.1. The van der Waals surface area contributed by atoms with E-state index in [1.54, 1.807) is 11.3 Å². The highest BCUT2D eigenvalue weighted by Gasteiger charge is 2.09. The van der Waals surface area contributed by atoms with Crippen molar-refractivity contribution in [2.75, 3.05) is 0 Å². The average Bonchev–Trinajstić information content (AvgIpc) is 2.60. The van der Waals surface area contributed by atoms with Crippen molar-refractivity contribution in [3.05, 3.63) is 21.9 Å². The number of carbonyl (C=O) groups is 1. The van der Waals surface area contributed by atoms with Gasteiger partial charge in [-0.05, 0) is 23.4 Å². The Kier molecular flexibility index (Phi) is 4.29. The molecule has 0 aliphatic carbocycles. The Labute approximate surface area is 88.6 Å². The third-order valence-electron chi connectivity index (χ3n) is 2.25. The molecule has 1 heterocycles. The van der Waals surface area contributed by atoms with Crippen LogP contribution in [0.2, 0.25) is 0 Å². The van der Waals surface area contributed by atoms with Crippen molar-refractivity contribution in [2.24, 2.45) is 5.92 Å². The van der Waals surface area contributed by atoms with E-state index in [1.165, 1.54) is 0 Å². The quantitative estimate of drug-likeness (QED) is 0.813. The van der Waals surface area contributed by atoms with Crippen LogP contribution in [-0.4, -0.2) is 10.9 Å². The summed E-state index contributed by atoms with van der Waals surface area (Å²) in [6.45, 7) is 3.92. The van der Waals surface area contributed by atoms with Crippen LogP contribution in [0.4, 0.5) is 0 Å². The van der Waals surface area contributed by atoms with Gasteiger partial charge in [-0.3, -0.25) is 4.79 Å². The van der Waals surface area contributed by atoms with E-state index < -0.39 is 0 Å². The summed E-state index contributed by atoms with van der Waals surface area (Å²) in [6.07, 6.45) is 1.36. The number of ketones is 1. The summed E-state index contributed by atoms with van der Waals surface area (Å²) in [5.74, 6) is 0.412. The van der Waals surface area contributed by atoms with Gasteiger partial charge in [-0.2, -0.15) is 0 Å². The number of carbonyl (C=O) groups excluding carboxylic acids is 1. The van der Waals surface area contributed by atoms with E-state index in [2.05, 4.69) is 0 Å². The van der Waals surface area contributed by atoms with Crippen LogP contribution in [0.3, 0.4) is 0 Å². The molecular formula is C11H16O2S. The second-order valence-electron chi connectivity index (χ2n) is 3.65. The van der Waals surface area contributed by atoms with Crippen molar-refractivity contribution < 1.29 is 9.90 Å². The SMILES string of the molecule is CC(C)C(=O)CCc1sccc1CO. The largest absolute Gasteiger partial charge is 0.392 e. The predicted molar refractivity (Wildman–Crippen MR) is 58.4 cm³/mol. The highest BCUT2D eigenvalue weighted by Crippen LogP contribution is 2.19. The minimum absolute atomic E-state index is 0.0781. The van der Waals surface area contributed by atoms with E-state index in [-0.39, 0.29) is 12.5 Å². The van der Waals surface area contributed by atoms with Crippen LogP contribution < -0.4 is 0 Å². The molecule has 0 fully saturated rings. The molecule has 0 bridgehead atoms. The number of rotatable bonds is 5. The summed E-state index contributed by atoms with van der Waals surface area (Å²) in [5, 5.41) is 11.0. The van der Waals surface area contributed by atoms with E-state index in [4.69, 9.17) is 5.11 Å². The summed E-state index contributed by atoms with van der Waals surface area (Å²) in [7, 11) is 0. The van der Waals surface area contributed by atoms with Crippen molar-refractivity contribution in [3.8, 4) is 0 Å². The molecule has 0 aliphatic heterocycles. The standard InChI is InChI=1S/C11H16O2S/c1-8(2)10(13)3-4-11-9(7-12)5-6-14-11/h5-6,8,12H,3-4,7H2,1-2H3. The van der Waals surface area contributed by atoms with Gasteiger partial charge in [0.2, 0.25) is 0 Å². The number of aliphatic hydroxyl groups is 1. The molecule has 2 nitrogen and oxygen atoms in total. The average molecular weight is 212 g/mol. The summed E-state index contributed by atoms with van der Waals surface area (Å²) < 4.78 is 0. The Morgan fingerprint density at radius 1 is 1.57 bits per heavy atom. The molecule has 14 heavy (non-hydrogen) atoms. The Morgan fingerprint density at radius 3 is 2.86 bits per heavy atom. The van der Waals surface area contributed by atoms with Crippen LogP contribution in [-0.2, 0) is 17.8 Å². The first-order valence-electron chi connectivity index (χ1n) is 4.84. The number of Topliss-reactive ketones (excluding diaryl/α,β-unsaturated/α-hetero) is 1. The first-order valence-corrected chi connectivity index (χ1v) is 5.72. The van der Waals surface area contributed by atoms with E-state index in [9.17, 15) is 4.79 Å². The molecule has 0 amide bonds. The first-order chi connectivity index (χ1) is 6.65. The van der Waals surface area contributed by atoms with Gasteiger partial charge >= 0.3 is 0 Å². The Morgan fingerprint density at radius 2 is 2.29 bits per heavy atom. The minimum atomic E-state index is 0.0781. The lowest BCUT2D eigenvalue weighted by Crippen LogP contribution is -2.07. The highest BCUT2D eigenvalue weighted by molar-refractivity contribution is 7.10. The van der Waals surface area contributed by atoms with Gasteiger partial charge in [0.25, 0.3) is 0 Å². The minimum Gasteiger partial charge on any atom is -0.392 e. The molecule has 1 aromatic rings. The molecular weight excluding hydrogens is 196 g/mol. The van der Waals surface area contributed by atoms with Crippen molar-refractivity contribution >= 4 is 17.1 Å². The monoisotopic (exact) mass is 212 g/mol. The van der Waals surface area contributed by atoms with Gasteiger partial charge in [0, 0.05) is 17.2 Å². The van der Waals surface area contributed by atoms with Crippen LogP contribution in [0.5, 0.6) is 0 Å². The van der Waals surface area contributed by atoms with Crippen LogP contribution in [0.15, 0.2) is 11.4 Å². The maximum atomic E-state index is 11.4. The summed E-state index contributed by atoms with van der Waals surface area (Å²) in [6, 6.07) is 1.92. The van der Waals surface area contributed by atoms with Gasteiger partial charge in [-0.1, -0.05) is 13.8 Å². The number of hydrogen-bond acceptors (Lipinski definition) is 3. The fraction of sp³-hybridized carbons (Fsp3) is 0.545. The molecule has 0 unspecified atom stereocenters. The molecule has 0 saturated carbocycles. The van der Waals surface area contributed by atoms with Gasteiger partial charge in [0.15, 0.2) is 0 Å². The summed E-state index contributed by atoms with van der Waals surface area (Å²) >= 11 is 1.62. The summed E-state index contributed by atoms with van der Waals surface area (Å²) in [5.41, 5.74) is 0.964. The molecule has 0 aliphatic rings. The lowest BCUT2D eigenvalue weighted by Gasteiger charge is -2.03. The molecule has 1 aromatic heterocycles. The Hall–Kier alpha value is -0.670. The van der Waals surface area contributed by atoms with Gasteiger partial charge in [0.05, 0.1) is 6.61 Å². The normalized spacial score (nSPS) is 10.9. The molecule has 0 radical (unpaired) electrons. The van der Waals surface area contributed by atoms with Crippen LogP contribution in [0.1, 0.15) is 30.7 Å². The van der Waals surface area contributed by atoms with Crippen LogP contribution >= 0.6 is 11.3 Å². The Balaban J connectivity index is 2.49. The van der Waals surface area contributed by atoms with Gasteiger partial charge in [-0.25, -0.2) is 0 Å². The maximum absolute atomic E-state index is 11.4. The fourth-order valence-electron chi connectivity index (χ4n) is 1.25. The Bertz CT molecular complexity index is 302. The molecule has 78 valence electrons. The first kappa shape index (κ1) is 11.4. The van der Waals surface area contributed by atoms with Crippen molar-refractivity contribution in [2.45, 2.75) is 33.3 Å². The van der Waals surface area contributed by atoms with Gasteiger partial charge in [0.1, 0.15) is 5.78 Å². The smallest absolute Gasteiger partial charge is 0.135 e. The third-order valence-corrected chi connectivity index (χ3v) is 3.27. The van der Waals surface area contributed by atoms with E-state index in [0.717, 1.165) is 16.9 Å². The van der Waals surface area contributed by atoms with E-state index in [1.807, 2.05) is 25.3 Å². The van der Waals surface area contributed by atoms with Gasteiger partial charge < -0.3 is 5.11 Å². The number of aryl methyl sites for hydroxylation is 1. The van der Waals surface area contributed by atoms with Crippen molar-refractivity contribution in [1.29, 1.82) is 0 Å². The van der Waals surface area contributed by atoms with Crippen molar-refractivity contribution in [1.82, 2.24) is 0 Å². The second kappa shape index (κ2) is 5.27. The maximum Gasteiger partial charge on any atom is 0.135 e. The number of aliphatic hydroxyl groups excluding tert-OH is 1. The molecule has 1 N–H and O–H groups in total. The zero-order chi connectivity index (χ0) is 10.6. The summed E-state index contributed by atoms with van der Waals surface area (Å²) in [4.78, 5) is 12.5. The van der Waals surface area contributed by atoms with E-state index in [0.29, 0.717) is 12.2 Å². The molecule has 0 atom stereocenters. The lowest BCUT2D eigenvalue weighted by atomic mass is 10.0. The third kappa shape index (κ3) is 2.93. The molecule has 0 spiro atoms. The number of thiophene rings is 1. The predicted octanol–water partition coefficient (Wildman–Crippen LogP) is 2.40. The molecule has 3 heteroatoms. The molecule has 1 rings (SSSR count). The number of hydrogen-bond donors (Lipinski definition) is 1. The lowest BCUT2D eigenvalue weighted by molar-refractivity contribution is -0.121. The second-order valence-corrected chi connectivity index (χ2v) is 4.65. The van der Waals surface area contributed by atoms with Crippen molar-refractivity contribution in [3.63, 3.8) is 0 Å². The molecule has 0 aromatic carbocycles. The zero-order valence-electron chi connectivity index (χ0n) is 8.62. The topological polar surface area (TPSA) is 37.3 Å². The van der Waals surface area contributed by atoms with Gasteiger partial charge in [-0.15, -0.1) is 11.3 Å². The van der Waals surface area contributed by atoms with Crippen LogP contribution in [0, 0.1) is 5.92 Å². The fourth-order valence-corrected chi connectivity index (χ4v) is 2.15. The molecule has 0 saturated heterocycles. The van der Waals surface area contributed by atoms with Crippen LogP contribution in [0.25, 0.3) is 0 Å². The zero-order valence-corrected chi connectivity index (χ0v) is 9.43. The van der Waals surface area contributed by atoms with E-state index >= 15 is 0 Å².